The predicted octanol–water partition coefficient (Wildman–Crippen LogP) is 4.93. The van der Waals surface area contributed by atoms with E-state index in [1.807, 2.05) is 30.3 Å². The quantitative estimate of drug-likeness (QED) is 0.754. The van der Waals surface area contributed by atoms with Gasteiger partial charge in [-0.25, -0.2) is 4.39 Å². The van der Waals surface area contributed by atoms with Gasteiger partial charge in [0.1, 0.15) is 18.2 Å². The van der Waals surface area contributed by atoms with E-state index in [2.05, 4.69) is 31.9 Å². The lowest BCUT2D eigenvalue weighted by Crippen LogP contribution is -1.96. The number of hydrogen-bond donors (Lipinski definition) is 0. The van der Waals surface area contributed by atoms with Crippen molar-refractivity contribution in [1.29, 1.82) is 0 Å². The van der Waals surface area contributed by atoms with Gasteiger partial charge in [0, 0.05) is 8.95 Å². The fraction of sp³-hybridized carbons (Fsp3) is 0.0769. The van der Waals surface area contributed by atoms with Crippen molar-refractivity contribution < 1.29 is 9.13 Å². The van der Waals surface area contributed by atoms with Crippen LogP contribution in [0.2, 0.25) is 0 Å². The van der Waals surface area contributed by atoms with Crippen molar-refractivity contribution in [2.45, 2.75) is 6.61 Å². The molecule has 0 aliphatic heterocycles. The molecule has 0 N–H and O–H groups in total. The number of halogens is 3. The van der Waals surface area contributed by atoms with E-state index in [-0.39, 0.29) is 5.82 Å². The van der Waals surface area contributed by atoms with Gasteiger partial charge in [0.25, 0.3) is 0 Å². The first-order valence-corrected chi connectivity index (χ1v) is 6.55. The van der Waals surface area contributed by atoms with Crippen LogP contribution in [-0.4, -0.2) is 0 Å². The molecule has 0 aliphatic carbocycles. The van der Waals surface area contributed by atoms with Crippen LogP contribution in [0.4, 0.5) is 4.39 Å². The molecule has 0 aliphatic rings. The molecule has 0 aromatic heterocycles. The Hall–Kier alpha value is -0.870. The Morgan fingerprint density at radius 3 is 2.53 bits per heavy atom. The standard InChI is InChI=1S/C13H9Br2FO/c14-10-2-1-3-13(7-10)17-8-9-4-11(15)6-12(16)5-9/h1-7H,8H2. The highest BCUT2D eigenvalue weighted by molar-refractivity contribution is 9.10. The Morgan fingerprint density at radius 2 is 1.82 bits per heavy atom. The Labute approximate surface area is 116 Å². The zero-order valence-corrected chi connectivity index (χ0v) is 12.0. The summed E-state index contributed by atoms with van der Waals surface area (Å²) in [4.78, 5) is 0. The maximum Gasteiger partial charge on any atom is 0.124 e. The predicted molar refractivity (Wildman–Crippen MR) is 72.6 cm³/mol. The second kappa shape index (κ2) is 5.65. The summed E-state index contributed by atoms with van der Waals surface area (Å²) in [5.41, 5.74) is 0.789. The molecule has 0 unspecified atom stereocenters. The summed E-state index contributed by atoms with van der Waals surface area (Å²) in [7, 11) is 0. The molecule has 2 aromatic carbocycles. The summed E-state index contributed by atoms with van der Waals surface area (Å²) in [6, 6.07) is 12.3. The van der Waals surface area contributed by atoms with Gasteiger partial charge < -0.3 is 4.74 Å². The molecule has 0 saturated heterocycles. The molecule has 0 amide bonds. The maximum atomic E-state index is 13.1. The molecular weight excluding hydrogens is 351 g/mol. The molecule has 2 rings (SSSR count). The van der Waals surface area contributed by atoms with E-state index in [0.717, 1.165) is 15.8 Å². The molecule has 2 aromatic rings. The van der Waals surface area contributed by atoms with Crippen molar-refractivity contribution in [3.63, 3.8) is 0 Å². The van der Waals surface area contributed by atoms with Gasteiger partial charge in [0.15, 0.2) is 0 Å². The van der Waals surface area contributed by atoms with E-state index in [9.17, 15) is 4.39 Å². The zero-order valence-electron chi connectivity index (χ0n) is 8.79. The van der Waals surface area contributed by atoms with E-state index >= 15 is 0 Å². The molecule has 0 saturated carbocycles. The van der Waals surface area contributed by atoms with E-state index in [0.29, 0.717) is 11.1 Å². The summed E-state index contributed by atoms with van der Waals surface area (Å²) in [5.74, 6) is 0.479. The van der Waals surface area contributed by atoms with Gasteiger partial charge in [0.2, 0.25) is 0 Å². The molecule has 0 fully saturated rings. The molecule has 1 nitrogen and oxygen atoms in total. The fourth-order valence-electron chi connectivity index (χ4n) is 1.42. The van der Waals surface area contributed by atoms with Crippen LogP contribution in [0, 0.1) is 5.82 Å². The van der Waals surface area contributed by atoms with E-state index in [1.165, 1.54) is 12.1 Å². The van der Waals surface area contributed by atoms with Crippen molar-refractivity contribution in [1.82, 2.24) is 0 Å². The average Bonchev–Trinajstić information content (AvgIpc) is 2.25. The fourth-order valence-corrected chi connectivity index (χ4v) is 2.31. The molecular formula is C13H9Br2FO. The monoisotopic (exact) mass is 358 g/mol. The van der Waals surface area contributed by atoms with Crippen molar-refractivity contribution in [2.24, 2.45) is 0 Å². The normalized spacial score (nSPS) is 10.3. The highest BCUT2D eigenvalue weighted by atomic mass is 79.9. The van der Waals surface area contributed by atoms with Gasteiger partial charge in [-0.3, -0.25) is 0 Å². The van der Waals surface area contributed by atoms with Crippen LogP contribution >= 0.6 is 31.9 Å². The van der Waals surface area contributed by atoms with Crippen molar-refractivity contribution in [3.8, 4) is 5.75 Å². The van der Waals surface area contributed by atoms with Crippen LogP contribution in [0.3, 0.4) is 0 Å². The van der Waals surface area contributed by atoms with Gasteiger partial charge in [0.05, 0.1) is 0 Å². The van der Waals surface area contributed by atoms with E-state index < -0.39 is 0 Å². The first kappa shape index (κ1) is 12.6. The Kier molecular flexibility index (Phi) is 4.18. The van der Waals surface area contributed by atoms with Crippen molar-refractivity contribution in [3.05, 3.63) is 62.8 Å². The van der Waals surface area contributed by atoms with Gasteiger partial charge >= 0.3 is 0 Å². The van der Waals surface area contributed by atoms with Crippen molar-refractivity contribution >= 4 is 31.9 Å². The number of hydrogen-bond acceptors (Lipinski definition) is 1. The SMILES string of the molecule is Fc1cc(Br)cc(COc2cccc(Br)c2)c1. The van der Waals surface area contributed by atoms with Crippen molar-refractivity contribution in [2.75, 3.05) is 0 Å². The van der Waals surface area contributed by atoms with Crippen LogP contribution < -0.4 is 4.74 Å². The highest BCUT2D eigenvalue weighted by Gasteiger charge is 2.01. The Balaban J connectivity index is 2.07. The Morgan fingerprint density at radius 1 is 1.00 bits per heavy atom. The molecule has 0 radical (unpaired) electrons. The largest absolute Gasteiger partial charge is 0.489 e. The third-order valence-corrected chi connectivity index (χ3v) is 3.08. The van der Waals surface area contributed by atoms with Crippen LogP contribution in [0.5, 0.6) is 5.75 Å². The smallest absolute Gasteiger partial charge is 0.124 e. The third-order valence-electron chi connectivity index (χ3n) is 2.12. The molecule has 0 bridgehead atoms. The summed E-state index contributed by atoms with van der Waals surface area (Å²) in [5, 5.41) is 0. The first-order chi connectivity index (χ1) is 8.13. The molecule has 0 heterocycles. The van der Waals surface area contributed by atoms with Crippen LogP contribution in [0.25, 0.3) is 0 Å². The minimum Gasteiger partial charge on any atom is -0.489 e. The van der Waals surface area contributed by atoms with Gasteiger partial charge in [-0.1, -0.05) is 37.9 Å². The molecule has 17 heavy (non-hydrogen) atoms. The minimum absolute atomic E-state index is 0.271. The number of benzene rings is 2. The highest BCUT2D eigenvalue weighted by Crippen LogP contribution is 2.20. The zero-order chi connectivity index (χ0) is 12.3. The number of rotatable bonds is 3. The van der Waals surface area contributed by atoms with E-state index in [1.54, 1.807) is 0 Å². The first-order valence-electron chi connectivity index (χ1n) is 4.97. The number of ether oxygens (including phenoxy) is 1. The molecule has 4 heteroatoms. The van der Waals surface area contributed by atoms with Gasteiger partial charge in [-0.05, 0) is 42.0 Å². The molecule has 0 atom stereocenters. The third kappa shape index (κ3) is 3.82. The lowest BCUT2D eigenvalue weighted by molar-refractivity contribution is 0.305. The summed E-state index contributed by atoms with van der Waals surface area (Å²) in [6.07, 6.45) is 0. The minimum atomic E-state index is -0.271. The summed E-state index contributed by atoms with van der Waals surface area (Å²) >= 11 is 6.61. The summed E-state index contributed by atoms with van der Waals surface area (Å²) < 4.78 is 20.4. The van der Waals surface area contributed by atoms with Gasteiger partial charge in [-0.15, -0.1) is 0 Å². The molecule has 88 valence electrons. The van der Waals surface area contributed by atoms with Crippen LogP contribution in [-0.2, 0) is 6.61 Å². The lowest BCUT2D eigenvalue weighted by atomic mass is 10.2. The summed E-state index contributed by atoms with van der Waals surface area (Å²) in [6.45, 7) is 0.340. The van der Waals surface area contributed by atoms with Crippen LogP contribution in [0.15, 0.2) is 51.4 Å². The maximum absolute atomic E-state index is 13.1. The second-order valence-corrected chi connectivity index (χ2v) is 5.36. The average molecular weight is 360 g/mol. The Bertz CT molecular complexity index is 508. The molecule has 0 spiro atoms. The topological polar surface area (TPSA) is 9.23 Å². The van der Waals surface area contributed by atoms with Crippen LogP contribution in [0.1, 0.15) is 5.56 Å². The second-order valence-electron chi connectivity index (χ2n) is 3.52. The van der Waals surface area contributed by atoms with E-state index in [4.69, 9.17) is 4.74 Å². The van der Waals surface area contributed by atoms with Gasteiger partial charge in [-0.2, -0.15) is 0 Å². The lowest BCUT2D eigenvalue weighted by Gasteiger charge is -2.07.